The molecule has 2 heterocycles. The maximum atomic E-state index is 14.5. The van der Waals surface area contributed by atoms with Crippen molar-refractivity contribution in [2.24, 2.45) is 0 Å². The Morgan fingerprint density at radius 2 is 1.88 bits per heavy atom. The molecule has 0 bridgehead atoms. The lowest BCUT2D eigenvalue weighted by Crippen LogP contribution is -2.54. The van der Waals surface area contributed by atoms with E-state index in [1.54, 1.807) is 12.1 Å². The fraction of sp³-hybridized carbons (Fsp3) is 0.423. The number of ketones is 1. The van der Waals surface area contributed by atoms with E-state index in [2.05, 4.69) is 11.4 Å². The zero-order valence-corrected chi connectivity index (χ0v) is 18.9. The lowest BCUT2D eigenvalue weighted by molar-refractivity contribution is -0.134. The second kappa shape index (κ2) is 10.1. The minimum Gasteiger partial charge on any atom is -0.366 e. The van der Waals surface area contributed by atoms with E-state index in [0.29, 0.717) is 49.4 Å². The third-order valence-electron chi connectivity index (χ3n) is 6.75. The number of nitrogens with one attached hydrogen (secondary N) is 1. The average Bonchev–Trinajstić information content (AvgIpc) is 3.10. The summed E-state index contributed by atoms with van der Waals surface area (Å²) < 4.78 is 14.5. The third-order valence-corrected chi connectivity index (χ3v) is 6.75. The fourth-order valence-corrected chi connectivity index (χ4v) is 4.91. The summed E-state index contributed by atoms with van der Waals surface area (Å²) in [6, 6.07) is 14.2. The van der Waals surface area contributed by atoms with Crippen LogP contribution in [-0.4, -0.2) is 55.4 Å². The molecular formula is C26H29FN4O2. The van der Waals surface area contributed by atoms with Gasteiger partial charge in [-0.3, -0.25) is 9.59 Å². The summed E-state index contributed by atoms with van der Waals surface area (Å²) >= 11 is 0. The van der Waals surface area contributed by atoms with Crippen molar-refractivity contribution in [2.45, 2.75) is 38.1 Å². The number of hydrogen-bond donors (Lipinski definition) is 1. The first-order valence-corrected chi connectivity index (χ1v) is 11.5. The highest BCUT2D eigenvalue weighted by molar-refractivity contribution is 5.94. The topological polar surface area (TPSA) is 76.4 Å². The van der Waals surface area contributed by atoms with Gasteiger partial charge in [-0.15, -0.1) is 0 Å². The van der Waals surface area contributed by atoms with Gasteiger partial charge in [-0.2, -0.15) is 5.26 Å². The van der Waals surface area contributed by atoms with E-state index in [9.17, 15) is 19.2 Å². The maximum absolute atomic E-state index is 14.5. The molecule has 2 aliphatic heterocycles. The number of piperazine rings is 1. The molecule has 4 rings (SSSR count). The summed E-state index contributed by atoms with van der Waals surface area (Å²) in [6.07, 6.45) is 2.56. The van der Waals surface area contributed by atoms with Crippen molar-refractivity contribution in [3.63, 3.8) is 0 Å². The first kappa shape index (κ1) is 22.9. The Balaban J connectivity index is 1.41. The van der Waals surface area contributed by atoms with Crippen LogP contribution in [0.2, 0.25) is 0 Å². The van der Waals surface area contributed by atoms with Crippen LogP contribution in [-0.2, 0) is 4.79 Å². The predicted octanol–water partition coefficient (Wildman–Crippen LogP) is 3.47. The van der Waals surface area contributed by atoms with Crippen molar-refractivity contribution in [2.75, 3.05) is 37.6 Å². The molecule has 2 fully saturated rings. The molecule has 33 heavy (non-hydrogen) atoms. The summed E-state index contributed by atoms with van der Waals surface area (Å²) in [4.78, 5) is 28.6. The molecule has 2 aromatic carbocycles. The molecule has 2 saturated heterocycles. The van der Waals surface area contributed by atoms with Crippen LogP contribution in [0.15, 0.2) is 42.5 Å². The quantitative estimate of drug-likeness (QED) is 0.725. The molecule has 1 N–H and O–H groups in total. The number of Topliss-reactive ketones (excluding diaryl/α,β-unsaturated/α-hetero) is 1. The molecule has 6 nitrogen and oxygen atoms in total. The largest absolute Gasteiger partial charge is 0.366 e. The number of nitriles is 1. The lowest BCUT2D eigenvalue weighted by Gasteiger charge is -2.38. The van der Waals surface area contributed by atoms with E-state index in [-0.39, 0.29) is 23.7 Å². The van der Waals surface area contributed by atoms with Crippen LogP contribution < -0.4 is 10.2 Å². The van der Waals surface area contributed by atoms with E-state index >= 15 is 0 Å². The van der Waals surface area contributed by atoms with Crippen LogP contribution in [0.4, 0.5) is 10.1 Å². The van der Waals surface area contributed by atoms with Gasteiger partial charge in [0.05, 0.1) is 23.4 Å². The second-order valence-corrected chi connectivity index (χ2v) is 8.82. The number of amides is 1. The Hall–Kier alpha value is -3.24. The summed E-state index contributed by atoms with van der Waals surface area (Å²) in [5.74, 6) is -0.335. The number of benzene rings is 2. The first-order chi connectivity index (χ1) is 16.0. The van der Waals surface area contributed by atoms with Gasteiger partial charge >= 0.3 is 0 Å². The number of halogens is 1. The summed E-state index contributed by atoms with van der Waals surface area (Å²) in [5, 5.41) is 12.9. The van der Waals surface area contributed by atoms with Crippen LogP contribution in [0.5, 0.6) is 0 Å². The van der Waals surface area contributed by atoms with Gasteiger partial charge in [0.1, 0.15) is 5.82 Å². The molecule has 172 valence electrons. The number of carbonyl (C=O) groups is 2. The number of rotatable bonds is 4. The zero-order valence-electron chi connectivity index (χ0n) is 18.9. The van der Waals surface area contributed by atoms with E-state index < -0.39 is 5.82 Å². The van der Waals surface area contributed by atoms with Gasteiger partial charge in [0.15, 0.2) is 5.78 Å². The third kappa shape index (κ3) is 5.07. The highest BCUT2D eigenvalue weighted by atomic mass is 19.1. The van der Waals surface area contributed by atoms with Gasteiger partial charge in [0.25, 0.3) is 0 Å². The van der Waals surface area contributed by atoms with E-state index in [4.69, 9.17) is 0 Å². The smallest absolute Gasteiger partial charge is 0.239 e. The molecule has 0 spiro atoms. The Morgan fingerprint density at radius 1 is 1.12 bits per heavy atom. The first-order valence-electron chi connectivity index (χ1n) is 11.5. The molecule has 7 heteroatoms. The molecule has 2 aromatic rings. The molecule has 0 radical (unpaired) electrons. The van der Waals surface area contributed by atoms with Gasteiger partial charge in [-0.25, -0.2) is 4.39 Å². The van der Waals surface area contributed by atoms with Gasteiger partial charge in [0.2, 0.25) is 5.91 Å². The SMILES string of the molecule is CC(=O)c1ccc(N2CCN(C(=O)C3CC(c4ccccc4C#N)CCCN3)CC2)c(F)c1. The van der Waals surface area contributed by atoms with E-state index in [1.165, 1.54) is 13.0 Å². The van der Waals surface area contributed by atoms with Crippen LogP contribution in [0.25, 0.3) is 0 Å². The molecular weight excluding hydrogens is 419 g/mol. The zero-order chi connectivity index (χ0) is 23.4. The Kier molecular flexibility index (Phi) is 7.05. The minimum atomic E-state index is -0.410. The van der Waals surface area contributed by atoms with Crippen LogP contribution in [0.1, 0.15) is 53.6 Å². The average molecular weight is 449 g/mol. The number of carbonyl (C=O) groups excluding carboxylic acids is 2. The van der Waals surface area contributed by atoms with E-state index in [0.717, 1.165) is 24.9 Å². The lowest BCUT2D eigenvalue weighted by atomic mass is 9.86. The van der Waals surface area contributed by atoms with Crippen molar-refractivity contribution in [3.05, 3.63) is 65.0 Å². The monoisotopic (exact) mass is 448 g/mol. The molecule has 1 amide bonds. The fourth-order valence-electron chi connectivity index (χ4n) is 4.91. The van der Waals surface area contributed by atoms with Crippen molar-refractivity contribution in [1.29, 1.82) is 5.26 Å². The highest BCUT2D eigenvalue weighted by Gasteiger charge is 2.32. The van der Waals surface area contributed by atoms with Gasteiger partial charge in [0, 0.05) is 31.7 Å². The molecule has 0 aromatic heterocycles. The summed E-state index contributed by atoms with van der Waals surface area (Å²) in [6.45, 7) is 4.30. The van der Waals surface area contributed by atoms with Crippen molar-refractivity contribution in [3.8, 4) is 6.07 Å². The standard InChI is InChI=1S/C26H29FN4O2/c1-18(32)19-8-9-25(23(27)15-19)30-11-13-31(14-12-30)26(33)24-16-20(6-4-10-29-24)22-7-3-2-5-21(22)17-28/h2-3,5,7-9,15,20,24,29H,4,6,10-14,16H2,1H3. The molecule has 2 aliphatic rings. The van der Waals surface area contributed by atoms with Gasteiger partial charge < -0.3 is 15.1 Å². The highest BCUT2D eigenvalue weighted by Crippen LogP contribution is 2.31. The number of hydrogen-bond acceptors (Lipinski definition) is 5. The molecule has 2 unspecified atom stereocenters. The van der Waals surface area contributed by atoms with Gasteiger partial charge in [-0.1, -0.05) is 18.2 Å². The Morgan fingerprint density at radius 3 is 2.58 bits per heavy atom. The van der Waals surface area contributed by atoms with Crippen LogP contribution >= 0.6 is 0 Å². The molecule has 0 aliphatic carbocycles. The summed E-state index contributed by atoms with van der Waals surface area (Å²) in [5.41, 5.74) is 2.53. The Labute approximate surface area is 194 Å². The second-order valence-electron chi connectivity index (χ2n) is 8.82. The normalized spacial score (nSPS) is 21.2. The van der Waals surface area contributed by atoms with Gasteiger partial charge in [-0.05, 0) is 68.5 Å². The maximum Gasteiger partial charge on any atom is 0.239 e. The molecule has 2 atom stereocenters. The van der Waals surface area contributed by atoms with E-state index in [1.807, 2.05) is 34.1 Å². The number of anilines is 1. The van der Waals surface area contributed by atoms with Crippen LogP contribution in [0.3, 0.4) is 0 Å². The summed E-state index contributed by atoms with van der Waals surface area (Å²) in [7, 11) is 0. The number of nitrogens with zero attached hydrogens (tertiary/aromatic N) is 3. The minimum absolute atomic E-state index is 0.0726. The predicted molar refractivity (Wildman–Crippen MR) is 125 cm³/mol. The Bertz CT molecular complexity index is 1070. The van der Waals surface area contributed by atoms with Crippen molar-refractivity contribution >= 4 is 17.4 Å². The molecule has 0 saturated carbocycles. The van der Waals surface area contributed by atoms with Crippen molar-refractivity contribution < 1.29 is 14.0 Å². The van der Waals surface area contributed by atoms with Crippen molar-refractivity contribution in [1.82, 2.24) is 10.2 Å². The van der Waals surface area contributed by atoms with Crippen LogP contribution in [0, 0.1) is 17.1 Å².